The maximum Gasteiger partial charge on any atom is 0.340 e. The Morgan fingerprint density at radius 2 is 2.60 bits per heavy atom. The van der Waals surface area contributed by atoms with Crippen LogP contribution in [0.15, 0.2) is 4.34 Å². The van der Waals surface area contributed by atoms with Gasteiger partial charge in [-0.05, 0) is 12.2 Å². The van der Waals surface area contributed by atoms with Crippen molar-refractivity contribution in [3.05, 3.63) is 3.95 Å². The van der Waals surface area contributed by atoms with Crippen molar-refractivity contribution in [2.45, 2.75) is 4.34 Å². The number of urea groups is 1. The fourth-order valence-corrected chi connectivity index (χ4v) is 2.70. The third kappa shape index (κ3) is 4.60. The molecule has 0 radical (unpaired) electrons. The van der Waals surface area contributed by atoms with E-state index in [1.54, 1.807) is 0 Å². The van der Waals surface area contributed by atoms with Crippen LogP contribution in [0.5, 0.6) is 0 Å². The number of H-pyrrole nitrogens is 1. The van der Waals surface area contributed by atoms with Crippen LogP contribution < -0.4 is 5.32 Å². The average molecular weight is 266 g/mol. The number of hydrogen-bond acceptors (Lipinski definition) is 6. The SMILES string of the molecule is CN(O)C(=O)NCCSc1n[nH]c(=S)s1. The molecule has 1 heterocycles. The second kappa shape index (κ2) is 6.05. The third-order valence-corrected chi connectivity index (χ3v) is 3.55. The highest BCUT2D eigenvalue weighted by atomic mass is 32.2. The Hall–Kier alpha value is -0.640. The number of rotatable bonds is 4. The van der Waals surface area contributed by atoms with Gasteiger partial charge in [0.25, 0.3) is 0 Å². The van der Waals surface area contributed by atoms with Gasteiger partial charge in [-0.25, -0.2) is 9.86 Å². The lowest BCUT2D eigenvalue weighted by Crippen LogP contribution is -2.36. The van der Waals surface area contributed by atoms with Gasteiger partial charge < -0.3 is 5.32 Å². The van der Waals surface area contributed by atoms with E-state index < -0.39 is 6.03 Å². The van der Waals surface area contributed by atoms with Crippen molar-refractivity contribution < 1.29 is 10.0 Å². The molecule has 1 aromatic rings. The number of aromatic nitrogens is 2. The molecule has 0 spiro atoms. The van der Waals surface area contributed by atoms with Gasteiger partial charge in [0.05, 0.1) is 0 Å². The largest absolute Gasteiger partial charge is 0.340 e. The molecule has 0 bridgehead atoms. The number of carbonyl (C=O) groups excluding carboxylic acids is 1. The summed E-state index contributed by atoms with van der Waals surface area (Å²) in [7, 11) is 1.27. The summed E-state index contributed by atoms with van der Waals surface area (Å²) >= 11 is 7.75. The first kappa shape index (κ1) is 12.4. The van der Waals surface area contributed by atoms with Crippen LogP contribution >= 0.6 is 35.3 Å². The first-order chi connectivity index (χ1) is 7.09. The number of nitrogens with one attached hydrogen (secondary N) is 2. The molecule has 0 unspecified atom stereocenters. The number of nitrogens with zero attached hydrogens (tertiary/aromatic N) is 2. The summed E-state index contributed by atoms with van der Waals surface area (Å²) in [6.45, 7) is 0.459. The first-order valence-electron chi connectivity index (χ1n) is 3.98. The van der Waals surface area contributed by atoms with Crippen LogP contribution in [0.2, 0.25) is 0 Å². The van der Waals surface area contributed by atoms with E-state index in [9.17, 15) is 4.79 Å². The number of aromatic amines is 1. The number of carbonyl (C=O) groups is 1. The highest BCUT2D eigenvalue weighted by Gasteiger charge is 2.03. The van der Waals surface area contributed by atoms with E-state index in [0.29, 0.717) is 21.3 Å². The molecule has 84 valence electrons. The minimum absolute atomic E-state index is 0.459. The lowest BCUT2D eigenvalue weighted by atomic mass is 10.7. The average Bonchev–Trinajstić information content (AvgIpc) is 2.58. The molecule has 0 fully saturated rings. The molecule has 6 nitrogen and oxygen atoms in total. The molecule has 0 saturated carbocycles. The maximum absolute atomic E-state index is 10.9. The second-order valence-electron chi connectivity index (χ2n) is 2.48. The van der Waals surface area contributed by atoms with Crippen LogP contribution in [0.4, 0.5) is 4.79 Å². The molecule has 1 rings (SSSR count). The summed E-state index contributed by atoms with van der Waals surface area (Å²) in [5.41, 5.74) is 0. The van der Waals surface area contributed by atoms with Crippen molar-refractivity contribution in [3.8, 4) is 0 Å². The van der Waals surface area contributed by atoms with Gasteiger partial charge in [0.15, 0.2) is 8.29 Å². The van der Waals surface area contributed by atoms with Gasteiger partial charge in [-0.1, -0.05) is 23.1 Å². The molecule has 9 heteroatoms. The second-order valence-corrected chi connectivity index (χ2v) is 5.49. The van der Waals surface area contributed by atoms with Crippen molar-refractivity contribution in [2.24, 2.45) is 0 Å². The summed E-state index contributed by atoms with van der Waals surface area (Å²) in [6, 6.07) is -0.523. The normalized spacial score (nSPS) is 10.0. The predicted octanol–water partition coefficient (Wildman–Crippen LogP) is 1.32. The number of hydrogen-bond donors (Lipinski definition) is 3. The zero-order chi connectivity index (χ0) is 11.3. The van der Waals surface area contributed by atoms with Crippen molar-refractivity contribution in [1.29, 1.82) is 0 Å². The van der Waals surface area contributed by atoms with E-state index >= 15 is 0 Å². The fraction of sp³-hybridized carbons (Fsp3) is 0.500. The Morgan fingerprint density at radius 3 is 3.13 bits per heavy atom. The molecule has 0 atom stereocenters. The Kier molecular flexibility index (Phi) is 5.02. The summed E-state index contributed by atoms with van der Waals surface area (Å²) < 4.78 is 1.48. The Bertz CT molecular complexity index is 374. The van der Waals surface area contributed by atoms with Crippen LogP contribution in [0.1, 0.15) is 0 Å². The summed E-state index contributed by atoms with van der Waals surface area (Å²) in [5.74, 6) is 0.676. The molecule has 0 aliphatic rings. The topological polar surface area (TPSA) is 81.2 Å². The first-order valence-corrected chi connectivity index (χ1v) is 6.19. The van der Waals surface area contributed by atoms with Crippen molar-refractivity contribution in [2.75, 3.05) is 19.3 Å². The zero-order valence-electron chi connectivity index (χ0n) is 7.89. The Morgan fingerprint density at radius 1 is 1.87 bits per heavy atom. The standard InChI is InChI=1S/C6H10N4O2S3/c1-10(12)4(11)7-2-3-14-6-9-8-5(13)15-6/h12H,2-3H2,1H3,(H,7,11)(H,8,13). The van der Waals surface area contributed by atoms with Gasteiger partial charge in [-0.15, -0.1) is 0 Å². The quantitative estimate of drug-likeness (QED) is 0.252. The smallest absolute Gasteiger partial charge is 0.335 e. The number of hydroxylamine groups is 2. The van der Waals surface area contributed by atoms with E-state index in [2.05, 4.69) is 15.5 Å². The highest BCUT2D eigenvalue weighted by Crippen LogP contribution is 2.19. The third-order valence-electron chi connectivity index (χ3n) is 1.32. The minimum atomic E-state index is -0.523. The van der Waals surface area contributed by atoms with Crippen LogP contribution in [0, 0.1) is 3.95 Å². The molecular weight excluding hydrogens is 256 g/mol. The van der Waals surface area contributed by atoms with Gasteiger partial charge in [-0.2, -0.15) is 5.10 Å². The van der Waals surface area contributed by atoms with Crippen LogP contribution in [-0.4, -0.2) is 45.8 Å². The minimum Gasteiger partial charge on any atom is -0.335 e. The molecule has 0 saturated heterocycles. The predicted molar refractivity (Wildman–Crippen MR) is 61.0 cm³/mol. The highest BCUT2D eigenvalue weighted by molar-refractivity contribution is 8.01. The van der Waals surface area contributed by atoms with E-state index in [0.717, 1.165) is 4.34 Å². The van der Waals surface area contributed by atoms with E-state index in [1.807, 2.05) is 0 Å². The molecule has 0 aliphatic carbocycles. The molecular formula is C6H10N4O2S3. The molecule has 0 aliphatic heterocycles. The van der Waals surface area contributed by atoms with Gasteiger partial charge in [0.2, 0.25) is 0 Å². The van der Waals surface area contributed by atoms with E-state index in [-0.39, 0.29) is 0 Å². The van der Waals surface area contributed by atoms with Crippen molar-refractivity contribution in [1.82, 2.24) is 20.6 Å². The summed E-state index contributed by atoms with van der Waals surface area (Å²) in [6.07, 6.45) is 0. The van der Waals surface area contributed by atoms with Crippen molar-refractivity contribution in [3.63, 3.8) is 0 Å². The molecule has 3 N–H and O–H groups in total. The van der Waals surface area contributed by atoms with Gasteiger partial charge in [0.1, 0.15) is 0 Å². The van der Waals surface area contributed by atoms with Crippen LogP contribution in [0.25, 0.3) is 0 Å². The Balaban J connectivity index is 2.17. The molecule has 0 aromatic carbocycles. The van der Waals surface area contributed by atoms with E-state index in [1.165, 1.54) is 30.1 Å². The molecule has 1 aromatic heterocycles. The maximum atomic E-state index is 10.9. The lowest BCUT2D eigenvalue weighted by Gasteiger charge is -2.08. The molecule has 15 heavy (non-hydrogen) atoms. The van der Waals surface area contributed by atoms with E-state index in [4.69, 9.17) is 17.4 Å². The lowest BCUT2D eigenvalue weighted by molar-refractivity contribution is -0.0180. The zero-order valence-corrected chi connectivity index (χ0v) is 10.3. The summed E-state index contributed by atoms with van der Waals surface area (Å²) in [5, 5.41) is 18.4. The monoisotopic (exact) mass is 266 g/mol. The van der Waals surface area contributed by atoms with Crippen LogP contribution in [0.3, 0.4) is 0 Å². The van der Waals surface area contributed by atoms with Gasteiger partial charge in [-0.3, -0.25) is 10.3 Å². The van der Waals surface area contributed by atoms with Crippen molar-refractivity contribution >= 4 is 41.3 Å². The fourth-order valence-electron chi connectivity index (χ4n) is 0.689. The summed E-state index contributed by atoms with van der Waals surface area (Å²) in [4.78, 5) is 10.9. The Labute approximate surface area is 99.6 Å². The molecule has 2 amide bonds. The number of thioether (sulfide) groups is 1. The van der Waals surface area contributed by atoms with Crippen LogP contribution in [-0.2, 0) is 0 Å². The number of amides is 2. The van der Waals surface area contributed by atoms with Gasteiger partial charge in [0, 0.05) is 19.3 Å². The van der Waals surface area contributed by atoms with Gasteiger partial charge >= 0.3 is 6.03 Å².